The lowest BCUT2D eigenvalue weighted by molar-refractivity contribution is -0.139. The molecule has 0 aromatic heterocycles. The number of methoxy groups -OCH3 is 2. The number of esters is 1. The second kappa shape index (κ2) is 11.0. The fourth-order valence-electron chi connectivity index (χ4n) is 3.54. The molecule has 32 heavy (non-hydrogen) atoms. The van der Waals surface area contributed by atoms with Gasteiger partial charge in [0.2, 0.25) is 0 Å². The van der Waals surface area contributed by atoms with E-state index in [1.54, 1.807) is 7.11 Å². The summed E-state index contributed by atoms with van der Waals surface area (Å²) >= 11 is 7.17. The van der Waals surface area contributed by atoms with Crippen LogP contribution < -0.4 is 9.47 Å². The van der Waals surface area contributed by atoms with Crippen molar-refractivity contribution in [3.8, 4) is 17.2 Å². The SMILES string of the molecule is COC(=O)Cc1cc(Br)c(Oc2cc(Cc3ccccc3)c(OC)c(C(C)C)c2)c(Br)c1. The number of halogens is 2. The van der Waals surface area contributed by atoms with Crippen molar-refractivity contribution in [1.82, 2.24) is 0 Å². The van der Waals surface area contributed by atoms with E-state index < -0.39 is 0 Å². The number of carbonyl (C=O) groups excluding carboxylic acids is 1. The number of hydrogen-bond acceptors (Lipinski definition) is 4. The Hall–Kier alpha value is -2.31. The molecule has 0 N–H and O–H groups in total. The van der Waals surface area contributed by atoms with Gasteiger partial charge in [-0.2, -0.15) is 0 Å². The maximum absolute atomic E-state index is 11.6. The highest BCUT2D eigenvalue weighted by Crippen LogP contribution is 2.41. The van der Waals surface area contributed by atoms with E-state index in [0.29, 0.717) is 5.75 Å². The second-order valence-corrected chi connectivity index (χ2v) is 9.47. The Morgan fingerprint density at radius 1 is 0.906 bits per heavy atom. The minimum atomic E-state index is -0.292. The Kier molecular flexibility index (Phi) is 8.38. The number of rotatable bonds is 8. The Labute approximate surface area is 206 Å². The first-order valence-corrected chi connectivity index (χ1v) is 11.9. The Balaban J connectivity index is 2.00. The van der Waals surface area contributed by atoms with Crippen LogP contribution in [0.4, 0.5) is 0 Å². The first kappa shape index (κ1) is 24.3. The van der Waals surface area contributed by atoms with E-state index in [4.69, 9.17) is 14.2 Å². The zero-order valence-electron chi connectivity index (χ0n) is 18.6. The first-order valence-electron chi connectivity index (χ1n) is 10.3. The van der Waals surface area contributed by atoms with Gasteiger partial charge in [-0.25, -0.2) is 0 Å². The van der Waals surface area contributed by atoms with E-state index in [1.807, 2.05) is 42.5 Å². The summed E-state index contributed by atoms with van der Waals surface area (Å²) in [5.74, 6) is 2.23. The summed E-state index contributed by atoms with van der Waals surface area (Å²) in [6.07, 6.45) is 0.927. The molecule has 3 aromatic carbocycles. The molecule has 3 aromatic rings. The number of ether oxygens (including phenoxy) is 3. The molecular formula is C26H26Br2O4. The predicted molar refractivity (Wildman–Crippen MR) is 134 cm³/mol. The van der Waals surface area contributed by atoms with Crippen molar-refractivity contribution in [2.45, 2.75) is 32.6 Å². The molecule has 0 heterocycles. The third-order valence-corrected chi connectivity index (χ3v) is 6.26. The second-order valence-electron chi connectivity index (χ2n) is 7.77. The molecule has 0 saturated carbocycles. The topological polar surface area (TPSA) is 44.8 Å². The number of hydrogen-bond donors (Lipinski definition) is 0. The Bertz CT molecular complexity index is 1070. The summed E-state index contributed by atoms with van der Waals surface area (Å²) in [5.41, 5.74) is 4.18. The molecule has 0 spiro atoms. The summed E-state index contributed by atoms with van der Waals surface area (Å²) in [5, 5.41) is 0. The highest BCUT2D eigenvalue weighted by atomic mass is 79.9. The van der Waals surface area contributed by atoms with Gasteiger partial charge in [-0.1, -0.05) is 44.2 Å². The van der Waals surface area contributed by atoms with E-state index in [-0.39, 0.29) is 18.3 Å². The van der Waals surface area contributed by atoms with Gasteiger partial charge in [0.15, 0.2) is 5.75 Å². The monoisotopic (exact) mass is 560 g/mol. The average Bonchev–Trinajstić information content (AvgIpc) is 2.76. The lowest BCUT2D eigenvalue weighted by atomic mass is 9.95. The lowest BCUT2D eigenvalue weighted by Gasteiger charge is -2.19. The van der Waals surface area contributed by atoms with Gasteiger partial charge in [-0.05, 0) is 73.2 Å². The highest BCUT2D eigenvalue weighted by Gasteiger charge is 2.18. The van der Waals surface area contributed by atoms with Crippen LogP contribution in [0.15, 0.2) is 63.5 Å². The lowest BCUT2D eigenvalue weighted by Crippen LogP contribution is -2.05. The number of carbonyl (C=O) groups is 1. The van der Waals surface area contributed by atoms with Crippen molar-refractivity contribution in [2.24, 2.45) is 0 Å². The summed E-state index contributed by atoms with van der Waals surface area (Å²) in [6, 6.07) is 18.1. The Morgan fingerprint density at radius 3 is 2.12 bits per heavy atom. The predicted octanol–water partition coefficient (Wildman–Crippen LogP) is 7.44. The van der Waals surface area contributed by atoms with Gasteiger partial charge >= 0.3 is 5.97 Å². The zero-order chi connectivity index (χ0) is 23.3. The van der Waals surface area contributed by atoms with Gasteiger partial charge in [-0.15, -0.1) is 0 Å². The van der Waals surface area contributed by atoms with Crippen molar-refractivity contribution in [1.29, 1.82) is 0 Å². The quantitative estimate of drug-likeness (QED) is 0.268. The number of benzene rings is 3. The van der Waals surface area contributed by atoms with Gasteiger partial charge in [0, 0.05) is 17.5 Å². The van der Waals surface area contributed by atoms with E-state index in [1.165, 1.54) is 12.7 Å². The maximum atomic E-state index is 11.6. The summed E-state index contributed by atoms with van der Waals surface area (Å²) in [6.45, 7) is 4.28. The minimum Gasteiger partial charge on any atom is -0.496 e. The van der Waals surface area contributed by atoms with Crippen LogP contribution in [0.25, 0.3) is 0 Å². The third kappa shape index (κ3) is 5.93. The van der Waals surface area contributed by atoms with Crippen LogP contribution in [0.5, 0.6) is 17.2 Å². The van der Waals surface area contributed by atoms with Crippen molar-refractivity contribution in [3.63, 3.8) is 0 Å². The highest BCUT2D eigenvalue weighted by molar-refractivity contribution is 9.11. The van der Waals surface area contributed by atoms with Crippen LogP contribution in [-0.2, 0) is 22.4 Å². The van der Waals surface area contributed by atoms with Crippen molar-refractivity contribution in [2.75, 3.05) is 14.2 Å². The van der Waals surface area contributed by atoms with Crippen molar-refractivity contribution < 1.29 is 19.0 Å². The summed E-state index contributed by atoms with van der Waals surface area (Å²) in [4.78, 5) is 11.6. The minimum absolute atomic E-state index is 0.190. The van der Waals surface area contributed by atoms with Gasteiger partial charge < -0.3 is 14.2 Å². The third-order valence-electron chi connectivity index (χ3n) is 5.09. The molecule has 0 unspecified atom stereocenters. The Morgan fingerprint density at radius 2 is 1.56 bits per heavy atom. The molecule has 168 valence electrons. The fraction of sp³-hybridized carbons (Fsp3) is 0.269. The zero-order valence-corrected chi connectivity index (χ0v) is 21.7. The van der Waals surface area contributed by atoms with Crippen LogP contribution in [-0.4, -0.2) is 20.2 Å². The molecule has 0 bridgehead atoms. The molecule has 0 atom stereocenters. The van der Waals surface area contributed by atoms with Crippen LogP contribution in [0.3, 0.4) is 0 Å². The summed E-state index contributed by atoms with van der Waals surface area (Å²) in [7, 11) is 3.09. The average molecular weight is 562 g/mol. The molecule has 0 amide bonds. The molecule has 3 rings (SSSR count). The van der Waals surface area contributed by atoms with Gasteiger partial charge in [0.05, 0.1) is 29.6 Å². The standard InChI is InChI=1S/C26H26Br2O4/c1-16(2)21-15-20(14-19(25(21)31-4)10-17-8-6-5-7-9-17)32-26-22(27)11-18(12-23(26)28)13-24(29)30-3/h5-9,11-12,14-16H,10,13H2,1-4H3. The molecule has 0 saturated heterocycles. The molecule has 0 aliphatic heterocycles. The van der Waals surface area contributed by atoms with Gasteiger partial charge in [0.1, 0.15) is 11.5 Å². The maximum Gasteiger partial charge on any atom is 0.309 e. The smallest absolute Gasteiger partial charge is 0.309 e. The first-order chi connectivity index (χ1) is 15.3. The van der Waals surface area contributed by atoms with Gasteiger partial charge in [-0.3, -0.25) is 4.79 Å². The molecule has 0 aliphatic rings. The molecule has 6 heteroatoms. The molecule has 4 nitrogen and oxygen atoms in total. The fourth-order valence-corrected chi connectivity index (χ4v) is 4.98. The molecule has 0 fully saturated rings. The van der Waals surface area contributed by atoms with E-state index >= 15 is 0 Å². The molecule has 0 aliphatic carbocycles. The summed E-state index contributed by atoms with van der Waals surface area (Å²) < 4.78 is 18.4. The molecular weight excluding hydrogens is 536 g/mol. The largest absolute Gasteiger partial charge is 0.496 e. The van der Waals surface area contributed by atoms with E-state index in [2.05, 4.69) is 57.8 Å². The van der Waals surface area contributed by atoms with Crippen molar-refractivity contribution >= 4 is 37.8 Å². The molecule has 0 radical (unpaired) electrons. The van der Waals surface area contributed by atoms with E-state index in [9.17, 15) is 4.79 Å². The normalized spacial score (nSPS) is 10.8. The van der Waals surface area contributed by atoms with Crippen LogP contribution in [0.1, 0.15) is 42.0 Å². The van der Waals surface area contributed by atoms with Crippen molar-refractivity contribution in [3.05, 3.63) is 85.8 Å². The van der Waals surface area contributed by atoms with Crippen LogP contribution >= 0.6 is 31.9 Å². The van der Waals surface area contributed by atoms with Crippen LogP contribution in [0.2, 0.25) is 0 Å². The van der Waals surface area contributed by atoms with E-state index in [0.717, 1.165) is 43.6 Å². The van der Waals surface area contributed by atoms with Crippen LogP contribution in [0, 0.1) is 0 Å². The van der Waals surface area contributed by atoms with Gasteiger partial charge in [0.25, 0.3) is 0 Å².